The van der Waals surface area contributed by atoms with Gasteiger partial charge in [0, 0.05) is 23.8 Å². The lowest BCUT2D eigenvalue weighted by Gasteiger charge is -1.85. The smallest absolute Gasteiger partial charge is 0.178 e. The molecule has 0 aromatic carbocycles. The predicted molar refractivity (Wildman–Crippen MR) is 64.7 cm³/mol. The summed E-state index contributed by atoms with van der Waals surface area (Å²) in [6.45, 7) is 0. The standard InChI is InChI=1S/C13H12N2O/c16-13(7-5-11-3-1-9-14-11)8-6-12-4-2-10-15-12/h1-10,14-15H/b7-5+,8-6+. The fourth-order valence-electron chi connectivity index (χ4n) is 1.30. The first-order valence-corrected chi connectivity index (χ1v) is 5.01. The maximum absolute atomic E-state index is 11.4. The number of hydrogen-bond donors (Lipinski definition) is 2. The lowest BCUT2D eigenvalue weighted by Crippen LogP contribution is -1.84. The number of aromatic amines is 2. The molecule has 2 aromatic heterocycles. The minimum atomic E-state index is -0.0378. The van der Waals surface area contributed by atoms with Crippen LogP contribution in [0.15, 0.2) is 48.8 Å². The molecule has 0 amide bonds. The summed E-state index contributed by atoms with van der Waals surface area (Å²) >= 11 is 0. The molecule has 0 saturated heterocycles. The Morgan fingerprint density at radius 1 is 0.938 bits per heavy atom. The molecule has 2 rings (SSSR count). The molecule has 3 heteroatoms. The maximum atomic E-state index is 11.4. The Balaban J connectivity index is 1.94. The summed E-state index contributed by atoms with van der Waals surface area (Å²) in [6.07, 6.45) is 10.2. The number of ketones is 1. The first kappa shape index (κ1) is 10.2. The van der Waals surface area contributed by atoms with Crippen LogP contribution in [0.4, 0.5) is 0 Å². The minimum absolute atomic E-state index is 0.0378. The monoisotopic (exact) mass is 212 g/mol. The molecule has 0 fully saturated rings. The highest BCUT2D eigenvalue weighted by atomic mass is 16.1. The van der Waals surface area contributed by atoms with Crippen LogP contribution in [0, 0.1) is 0 Å². The van der Waals surface area contributed by atoms with E-state index in [-0.39, 0.29) is 5.78 Å². The number of nitrogens with one attached hydrogen (secondary N) is 2. The molecule has 0 unspecified atom stereocenters. The van der Waals surface area contributed by atoms with E-state index < -0.39 is 0 Å². The number of allylic oxidation sites excluding steroid dienone is 2. The molecule has 0 saturated carbocycles. The van der Waals surface area contributed by atoms with Gasteiger partial charge in [0.15, 0.2) is 5.78 Å². The molecule has 16 heavy (non-hydrogen) atoms. The van der Waals surface area contributed by atoms with Gasteiger partial charge in [-0.1, -0.05) is 0 Å². The summed E-state index contributed by atoms with van der Waals surface area (Å²) in [4.78, 5) is 17.4. The quantitative estimate of drug-likeness (QED) is 0.752. The molecular formula is C13H12N2O. The first-order chi connectivity index (χ1) is 7.84. The van der Waals surface area contributed by atoms with Crippen molar-refractivity contribution in [2.75, 3.05) is 0 Å². The van der Waals surface area contributed by atoms with E-state index in [0.717, 1.165) is 11.4 Å². The van der Waals surface area contributed by atoms with Gasteiger partial charge in [-0.3, -0.25) is 4.79 Å². The number of rotatable bonds is 4. The Kier molecular flexibility index (Phi) is 3.18. The van der Waals surface area contributed by atoms with E-state index >= 15 is 0 Å². The Bertz CT molecular complexity index is 444. The SMILES string of the molecule is O=C(/C=C/c1ccc[nH]1)/C=C/c1ccc[nH]1. The van der Waals surface area contributed by atoms with Crippen LogP contribution in [0.2, 0.25) is 0 Å². The fraction of sp³-hybridized carbons (Fsp3) is 0. The van der Waals surface area contributed by atoms with Gasteiger partial charge in [0.2, 0.25) is 0 Å². The molecule has 3 nitrogen and oxygen atoms in total. The van der Waals surface area contributed by atoms with E-state index in [1.165, 1.54) is 12.2 Å². The molecule has 0 aliphatic heterocycles. The first-order valence-electron chi connectivity index (χ1n) is 5.01. The van der Waals surface area contributed by atoms with Crippen molar-refractivity contribution in [3.63, 3.8) is 0 Å². The summed E-state index contributed by atoms with van der Waals surface area (Å²) in [7, 11) is 0. The van der Waals surface area contributed by atoms with Crippen molar-refractivity contribution in [3.8, 4) is 0 Å². The highest BCUT2D eigenvalue weighted by Gasteiger charge is 1.91. The van der Waals surface area contributed by atoms with Gasteiger partial charge in [0.05, 0.1) is 0 Å². The maximum Gasteiger partial charge on any atom is 0.178 e. The van der Waals surface area contributed by atoms with Crippen LogP contribution in [-0.2, 0) is 4.79 Å². The number of hydrogen-bond acceptors (Lipinski definition) is 1. The molecule has 0 aliphatic rings. The van der Waals surface area contributed by atoms with Crippen molar-refractivity contribution < 1.29 is 4.79 Å². The van der Waals surface area contributed by atoms with Gasteiger partial charge in [-0.05, 0) is 48.6 Å². The third-order valence-electron chi connectivity index (χ3n) is 2.10. The Morgan fingerprint density at radius 2 is 1.44 bits per heavy atom. The Hall–Kier alpha value is -2.29. The van der Waals surface area contributed by atoms with E-state index in [0.29, 0.717) is 0 Å². The summed E-state index contributed by atoms with van der Waals surface area (Å²) in [6, 6.07) is 7.58. The number of H-pyrrole nitrogens is 2. The highest BCUT2D eigenvalue weighted by molar-refractivity contribution is 6.04. The van der Waals surface area contributed by atoms with Crippen LogP contribution in [0.25, 0.3) is 12.2 Å². The summed E-state index contributed by atoms with van der Waals surface area (Å²) < 4.78 is 0. The van der Waals surface area contributed by atoms with Crippen LogP contribution >= 0.6 is 0 Å². The van der Waals surface area contributed by atoms with Crippen LogP contribution in [-0.4, -0.2) is 15.8 Å². The van der Waals surface area contributed by atoms with Gasteiger partial charge in [-0.15, -0.1) is 0 Å². The summed E-state index contributed by atoms with van der Waals surface area (Å²) in [5, 5.41) is 0. The van der Waals surface area contributed by atoms with Crippen LogP contribution in [0.5, 0.6) is 0 Å². The van der Waals surface area contributed by atoms with Gasteiger partial charge in [-0.2, -0.15) is 0 Å². The van der Waals surface area contributed by atoms with Gasteiger partial charge in [0.1, 0.15) is 0 Å². The topological polar surface area (TPSA) is 48.6 Å². The van der Waals surface area contributed by atoms with Crippen LogP contribution in [0.1, 0.15) is 11.4 Å². The normalized spacial score (nSPS) is 11.5. The van der Waals surface area contributed by atoms with Gasteiger partial charge < -0.3 is 9.97 Å². The Labute approximate surface area is 93.5 Å². The molecular weight excluding hydrogens is 200 g/mol. The van der Waals surface area contributed by atoms with Crippen LogP contribution < -0.4 is 0 Å². The molecule has 0 bridgehead atoms. The number of carbonyl (C=O) groups is 1. The Morgan fingerprint density at radius 3 is 1.81 bits per heavy atom. The molecule has 0 spiro atoms. The van der Waals surface area contributed by atoms with Gasteiger partial charge >= 0.3 is 0 Å². The van der Waals surface area contributed by atoms with Crippen molar-refractivity contribution in [2.45, 2.75) is 0 Å². The number of aromatic nitrogens is 2. The second-order valence-corrected chi connectivity index (χ2v) is 3.32. The molecule has 0 radical (unpaired) electrons. The number of carbonyl (C=O) groups excluding carboxylic acids is 1. The van der Waals surface area contributed by atoms with Crippen molar-refractivity contribution in [3.05, 3.63) is 60.2 Å². The molecule has 2 N–H and O–H groups in total. The van der Waals surface area contributed by atoms with Crippen LogP contribution in [0.3, 0.4) is 0 Å². The molecule has 0 atom stereocenters. The van der Waals surface area contributed by atoms with E-state index in [4.69, 9.17) is 0 Å². The third kappa shape index (κ3) is 2.85. The van der Waals surface area contributed by atoms with Crippen molar-refractivity contribution in [1.82, 2.24) is 9.97 Å². The highest BCUT2D eigenvalue weighted by Crippen LogP contribution is 2.00. The van der Waals surface area contributed by atoms with Gasteiger partial charge in [-0.25, -0.2) is 0 Å². The van der Waals surface area contributed by atoms with Crippen molar-refractivity contribution in [1.29, 1.82) is 0 Å². The van der Waals surface area contributed by atoms with Crippen molar-refractivity contribution in [2.24, 2.45) is 0 Å². The second kappa shape index (κ2) is 4.98. The zero-order valence-electron chi connectivity index (χ0n) is 8.68. The average molecular weight is 212 g/mol. The second-order valence-electron chi connectivity index (χ2n) is 3.32. The lowest BCUT2D eigenvalue weighted by atomic mass is 10.2. The van der Waals surface area contributed by atoms with E-state index in [2.05, 4.69) is 9.97 Å². The zero-order valence-corrected chi connectivity index (χ0v) is 8.68. The minimum Gasteiger partial charge on any atom is -0.362 e. The summed E-state index contributed by atoms with van der Waals surface area (Å²) in [5.41, 5.74) is 1.84. The third-order valence-corrected chi connectivity index (χ3v) is 2.10. The average Bonchev–Trinajstić information content (AvgIpc) is 2.96. The molecule has 2 heterocycles. The summed E-state index contributed by atoms with van der Waals surface area (Å²) in [5.74, 6) is -0.0378. The molecule has 0 aliphatic carbocycles. The lowest BCUT2D eigenvalue weighted by molar-refractivity contribution is -0.110. The van der Waals surface area contributed by atoms with Crippen molar-refractivity contribution >= 4 is 17.9 Å². The van der Waals surface area contributed by atoms with E-state index in [9.17, 15) is 4.79 Å². The fourth-order valence-corrected chi connectivity index (χ4v) is 1.30. The molecule has 2 aromatic rings. The zero-order chi connectivity index (χ0) is 11.2. The largest absolute Gasteiger partial charge is 0.362 e. The van der Waals surface area contributed by atoms with E-state index in [1.807, 2.05) is 36.7 Å². The predicted octanol–water partition coefficient (Wildman–Crippen LogP) is 2.64. The molecule has 80 valence electrons. The van der Waals surface area contributed by atoms with Gasteiger partial charge in [0.25, 0.3) is 0 Å². The van der Waals surface area contributed by atoms with E-state index in [1.54, 1.807) is 12.2 Å².